The van der Waals surface area contributed by atoms with E-state index in [1.54, 1.807) is 0 Å². The summed E-state index contributed by atoms with van der Waals surface area (Å²) >= 11 is 0. The fraction of sp³-hybridized carbons (Fsp3) is 0.471. The Morgan fingerprint density at radius 3 is 2.81 bits per heavy atom. The number of hydrogen-bond donors (Lipinski definition) is 1. The molecule has 0 atom stereocenters. The maximum absolute atomic E-state index is 12.3. The summed E-state index contributed by atoms with van der Waals surface area (Å²) in [5, 5.41) is 4.07. The molecule has 2 heterocycles. The summed E-state index contributed by atoms with van der Waals surface area (Å²) in [6.07, 6.45) is 3.23. The first-order chi connectivity index (χ1) is 10.3. The second-order valence-corrected chi connectivity index (χ2v) is 5.74. The maximum atomic E-state index is 12.3. The predicted molar refractivity (Wildman–Crippen MR) is 83.4 cm³/mol. The predicted octanol–water partition coefficient (Wildman–Crippen LogP) is 3.04. The summed E-state index contributed by atoms with van der Waals surface area (Å²) in [4.78, 5) is 14.7. The van der Waals surface area contributed by atoms with Crippen molar-refractivity contribution in [3.05, 3.63) is 36.1 Å². The van der Waals surface area contributed by atoms with Crippen LogP contribution in [0.1, 0.15) is 36.7 Å². The lowest BCUT2D eigenvalue weighted by Gasteiger charge is -2.31. The smallest absolute Gasteiger partial charge is 0.287 e. The molecule has 4 nitrogen and oxygen atoms in total. The van der Waals surface area contributed by atoms with Crippen molar-refractivity contribution in [3.8, 4) is 0 Å². The fourth-order valence-electron chi connectivity index (χ4n) is 2.97. The van der Waals surface area contributed by atoms with E-state index in [0.29, 0.717) is 5.76 Å². The van der Waals surface area contributed by atoms with E-state index in [1.165, 1.54) is 6.42 Å². The van der Waals surface area contributed by atoms with Crippen LogP contribution in [0.25, 0.3) is 11.0 Å². The van der Waals surface area contributed by atoms with Crippen molar-refractivity contribution in [1.29, 1.82) is 0 Å². The van der Waals surface area contributed by atoms with Gasteiger partial charge in [-0.15, -0.1) is 0 Å². The molecule has 0 unspecified atom stereocenters. The van der Waals surface area contributed by atoms with Crippen LogP contribution in [-0.2, 0) is 0 Å². The molecule has 112 valence electrons. The molecule has 0 radical (unpaired) electrons. The van der Waals surface area contributed by atoms with Crippen LogP contribution < -0.4 is 5.32 Å². The lowest BCUT2D eigenvalue weighted by molar-refractivity contribution is 0.0885. The van der Waals surface area contributed by atoms with E-state index >= 15 is 0 Å². The van der Waals surface area contributed by atoms with Crippen LogP contribution in [0.4, 0.5) is 0 Å². The molecule has 0 spiro atoms. The van der Waals surface area contributed by atoms with Gasteiger partial charge < -0.3 is 14.6 Å². The number of rotatable bonds is 4. The molecular weight excluding hydrogens is 264 g/mol. The Kier molecular flexibility index (Phi) is 4.25. The lowest BCUT2D eigenvalue weighted by atomic mass is 10.0. The minimum Gasteiger partial charge on any atom is -0.451 e. The summed E-state index contributed by atoms with van der Waals surface area (Å²) in [5.74, 6) is 0.312. The van der Waals surface area contributed by atoms with Crippen molar-refractivity contribution >= 4 is 16.9 Å². The van der Waals surface area contributed by atoms with Gasteiger partial charge in [-0.3, -0.25) is 4.79 Å². The Hall–Kier alpha value is -1.81. The van der Waals surface area contributed by atoms with Gasteiger partial charge in [-0.05, 0) is 37.9 Å². The van der Waals surface area contributed by atoms with Gasteiger partial charge in [0.2, 0.25) is 0 Å². The van der Waals surface area contributed by atoms with Crippen LogP contribution >= 0.6 is 0 Å². The number of fused-ring (bicyclic) bond motifs is 1. The highest BCUT2D eigenvalue weighted by Gasteiger charge is 2.22. The molecule has 1 aliphatic heterocycles. The Bertz CT molecular complexity index is 579. The van der Waals surface area contributed by atoms with Crippen LogP contribution in [0.3, 0.4) is 0 Å². The molecule has 1 aliphatic rings. The lowest BCUT2D eigenvalue weighted by Crippen LogP contribution is -2.44. The average molecular weight is 286 g/mol. The van der Waals surface area contributed by atoms with Gasteiger partial charge in [0.25, 0.3) is 5.91 Å². The minimum atomic E-state index is -0.0971. The monoisotopic (exact) mass is 286 g/mol. The zero-order valence-corrected chi connectivity index (χ0v) is 12.5. The first-order valence-electron chi connectivity index (χ1n) is 7.78. The van der Waals surface area contributed by atoms with Crippen LogP contribution in [-0.4, -0.2) is 36.5 Å². The van der Waals surface area contributed by atoms with Gasteiger partial charge in [0.15, 0.2) is 5.76 Å². The molecule has 1 aromatic carbocycles. The van der Waals surface area contributed by atoms with Crippen LogP contribution in [0.2, 0.25) is 0 Å². The number of amides is 1. The summed E-state index contributed by atoms with van der Waals surface area (Å²) < 4.78 is 5.61. The zero-order chi connectivity index (χ0) is 14.7. The highest BCUT2D eigenvalue weighted by molar-refractivity contribution is 5.96. The first-order valence-corrected chi connectivity index (χ1v) is 7.78. The van der Waals surface area contributed by atoms with Crippen molar-refractivity contribution in [2.75, 3.05) is 19.6 Å². The minimum absolute atomic E-state index is 0.0971. The van der Waals surface area contributed by atoms with E-state index in [2.05, 4.69) is 17.1 Å². The zero-order valence-electron chi connectivity index (χ0n) is 12.5. The van der Waals surface area contributed by atoms with Gasteiger partial charge in [0.05, 0.1) is 0 Å². The Morgan fingerprint density at radius 1 is 1.33 bits per heavy atom. The molecule has 3 rings (SSSR count). The van der Waals surface area contributed by atoms with E-state index in [-0.39, 0.29) is 11.9 Å². The van der Waals surface area contributed by atoms with E-state index in [4.69, 9.17) is 4.42 Å². The number of likely N-dealkylation sites (tertiary alicyclic amines) is 1. The topological polar surface area (TPSA) is 45.5 Å². The summed E-state index contributed by atoms with van der Waals surface area (Å²) in [6.45, 7) is 5.50. The Balaban J connectivity index is 1.59. The summed E-state index contributed by atoms with van der Waals surface area (Å²) in [6, 6.07) is 9.78. The van der Waals surface area contributed by atoms with Crippen LogP contribution in [0, 0.1) is 0 Å². The maximum Gasteiger partial charge on any atom is 0.287 e. The van der Waals surface area contributed by atoms with E-state index in [9.17, 15) is 4.79 Å². The molecule has 21 heavy (non-hydrogen) atoms. The molecule has 4 heteroatoms. The summed E-state index contributed by atoms with van der Waals surface area (Å²) in [7, 11) is 0. The van der Waals surface area contributed by atoms with Gasteiger partial charge >= 0.3 is 0 Å². The number of nitrogens with one attached hydrogen (secondary N) is 1. The van der Waals surface area contributed by atoms with Gasteiger partial charge in [0.1, 0.15) is 5.58 Å². The van der Waals surface area contributed by atoms with Crippen LogP contribution in [0.5, 0.6) is 0 Å². The number of piperidine rings is 1. The van der Waals surface area contributed by atoms with Crippen LogP contribution in [0.15, 0.2) is 34.7 Å². The molecular formula is C17H22N2O2. The molecule has 0 bridgehead atoms. The van der Waals surface area contributed by atoms with E-state index in [1.807, 2.05) is 30.3 Å². The Morgan fingerprint density at radius 2 is 2.10 bits per heavy atom. The Labute approximate surface area is 125 Å². The number of para-hydroxylation sites is 1. The number of carbonyl (C=O) groups is 1. The van der Waals surface area contributed by atoms with Gasteiger partial charge in [-0.25, -0.2) is 0 Å². The van der Waals surface area contributed by atoms with E-state index < -0.39 is 0 Å². The second-order valence-electron chi connectivity index (χ2n) is 5.74. The highest BCUT2D eigenvalue weighted by atomic mass is 16.3. The molecule has 1 saturated heterocycles. The highest BCUT2D eigenvalue weighted by Crippen LogP contribution is 2.19. The number of nitrogens with zero attached hydrogens (tertiary/aromatic N) is 1. The SMILES string of the molecule is CCCN1CCC(NC(=O)c2cc3ccccc3o2)CC1. The first kappa shape index (κ1) is 14.1. The average Bonchev–Trinajstić information content (AvgIpc) is 2.94. The summed E-state index contributed by atoms with van der Waals surface area (Å²) in [5.41, 5.74) is 0.764. The molecule has 0 saturated carbocycles. The third kappa shape index (κ3) is 3.27. The standard InChI is InChI=1S/C17H22N2O2/c1-2-9-19-10-7-14(8-11-19)18-17(20)16-12-13-5-3-4-6-15(13)21-16/h3-6,12,14H,2,7-11H2,1H3,(H,18,20). The van der Waals surface area contributed by atoms with Gasteiger partial charge in [-0.1, -0.05) is 25.1 Å². The van der Waals surface area contributed by atoms with Crippen molar-refractivity contribution in [2.24, 2.45) is 0 Å². The van der Waals surface area contributed by atoms with Crippen molar-refractivity contribution in [1.82, 2.24) is 10.2 Å². The third-order valence-corrected chi connectivity index (χ3v) is 4.11. The van der Waals surface area contributed by atoms with Gasteiger partial charge in [-0.2, -0.15) is 0 Å². The van der Waals surface area contributed by atoms with Gasteiger partial charge in [0, 0.05) is 24.5 Å². The number of furan rings is 1. The molecule has 1 aromatic heterocycles. The molecule has 2 aromatic rings. The van der Waals surface area contributed by atoms with Crippen molar-refractivity contribution in [2.45, 2.75) is 32.2 Å². The van der Waals surface area contributed by atoms with Crippen molar-refractivity contribution < 1.29 is 9.21 Å². The molecule has 1 amide bonds. The molecule has 1 fully saturated rings. The second kappa shape index (κ2) is 6.31. The number of carbonyl (C=O) groups excluding carboxylic acids is 1. The third-order valence-electron chi connectivity index (χ3n) is 4.11. The van der Waals surface area contributed by atoms with E-state index in [0.717, 1.165) is 43.4 Å². The quantitative estimate of drug-likeness (QED) is 0.939. The normalized spacial score (nSPS) is 17.2. The number of hydrogen-bond acceptors (Lipinski definition) is 3. The largest absolute Gasteiger partial charge is 0.451 e. The molecule has 1 N–H and O–H groups in total. The fourth-order valence-corrected chi connectivity index (χ4v) is 2.97. The molecule has 0 aliphatic carbocycles. The van der Waals surface area contributed by atoms with Crippen molar-refractivity contribution in [3.63, 3.8) is 0 Å². The number of benzene rings is 1.